The van der Waals surface area contributed by atoms with Gasteiger partial charge in [-0.15, -0.1) is 0 Å². The van der Waals surface area contributed by atoms with Gasteiger partial charge in [-0.25, -0.2) is 0 Å². The van der Waals surface area contributed by atoms with Crippen molar-refractivity contribution in [3.63, 3.8) is 0 Å². The molecule has 0 aliphatic heterocycles. The topological polar surface area (TPSA) is 72.2 Å². The second-order valence-electron chi connectivity index (χ2n) is 4.72. The maximum atomic E-state index is 12.0. The second-order valence-corrected chi connectivity index (χ2v) is 5.64. The third kappa shape index (κ3) is 3.53. The van der Waals surface area contributed by atoms with E-state index in [4.69, 9.17) is 0 Å². The summed E-state index contributed by atoms with van der Waals surface area (Å²) in [4.78, 5) is 22.7. The van der Waals surface area contributed by atoms with Crippen molar-refractivity contribution in [1.82, 2.24) is 5.32 Å². The highest BCUT2D eigenvalue weighted by atomic mass is 79.9. The average Bonchev–Trinajstić information content (AvgIpc) is 2.39. The van der Waals surface area contributed by atoms with E-state index in [0.717, 1.165) is 17.3 Å². The monoisotopic (exact) mass is 326 g/mol. The van der Waals surface area contributed by atoms with Crippen LogP contribution in [0.5, 0.6) is 0 Å². The summed E-state index contributed by atoms with van der Waals surface area (Å²) in [6, 6.07) is 5.93. The van der Waals surface area contributed by atoms with Gasteiger partial charge in [0, 0.05) is 21.4 Å². The number of amides is 1. The second kappa shape index (κ2) is 6.14. The van der Waals surface area contributed by atoms with E-state index < -0.39 is 6.04 Å². The Bertz CT molecular complexity index is 475. The van der Waals surface area contributed by atoms with Gasteiger partial charge in [0.15, 0.2) is 0 Å². The smallest absolute Gasteiger partial charge is 0.251 e. The molecule has 1 aromatic rings. The highest BCUT2D eigenvalue weighted by Crippen LogP contribution is 2.21. The Morgan fingerprint density at radius 1 is 1.26 bits per heavy atom. The van der Waals surface area contributed by atoms with E-state index in [0.29, 0.717) is 18.4 Å². The summed E-state index contributed by atoms with van der Waals surface area (Å²) in [5.74, 6) is -0.244. The van der Waals surface area contributed by atoms with Crippen LogP contribution in [0.2, 0.25) is 0 Å². The van der Waals surface area contributed by atoms with Gasteiger partial charge in [-0.3, -0.25) is 14.9 Å². The van der Waals surface area contributed by atoms with E-state index in [1.165, 1.54) is 0 Å². The number of benzene rings is 1. The zero-order chi connectivity index (χ0) is 13.8. The third-order valence-electron chi connectivity index (χ3n) is 3.42. The molecule has 2 unspecified atom stereocenters. The molecule has 1 amide bonds. The first kappa shape index (κ1) is 14.0. The molecule has 2 atom stereocenters. The van der Waals surface area contributed by atoms with Gasteiger partial charge in [-0.1, -0.05) is 22.4 Å². The third-order valence-corrected chi connectivity index (χ3v) is 3.95. The Hall–Kier alpha value is -1.43. The molecule has 0 saturated heterocycles. The number of nitrogens with zero attached hydrogens (tertiary/aromatic N) is 1. The Morgan fingerprint density at radius 3 is 2.53 bits per heavy atom. The van der Waals surface area contributed by atoms with Crippen molar-refractivity contribution in [2.45, 2.75) is 37.8 Å². The Kier molecular flexibility index (Phi) is 4.52. The van der Waals surface area contributed by atoms with Gasteiger partial charge < -0.3 is 5.32 Å². The quantitative estimate of drug-likeness (QED) is 0.685. The number of carbonyl (C=O) groups is 1. The van der Waals surface area contributed by atoms with Crippen LogP contribution in [0.1, 0.15) is 36.0 Å². The van der Waals surface area contributed by atoms with Crippen LogP contribution in [0.15, 0.2) is 28.7 Å². The Balaban J connectivity index is 2.04. The maximum absolute atomic E-state index is 12.0. The average molecular weight is 327 g/mol. The largest absolute Gasteiger partial charge is 0.342 e. The molecule has 0 spiro atoms. The number of halogens is 1. The van der Waals surface area contributed by atoms with Crippen LogP contribution in [0.3, 0.4) is 0 Å². The zero-order valence-electron chi connectivity index (χ0n) is 10.3. The van der Waals surface area contributed by atoms with Gasteiger partial charge in [0.05, 0.1) is 6.04 Å². The molecule has 0 bridgehead atoms. The fraction of sp³-hybridized carbons (Fsp3) is 0.462. The summed E-state index contributed by atoms with van der Waals surface area (Å²) < 4.78 is 0.893. The molecule has 1 saturated carbocycles. The summed E-state index contributed by atoms with van der Waals surface area (Å²) >= 11 is 3.30. The molecule has 19 heavy (non-hydrogen) atoms. The van der Waals surface area contributed by atoms with Crippen LogP contribution in [0, 0.1) is 10.1 Å². The Morgan fingerprint density at radius 2 is 1.89 bits per heavy atom. The van der Waals surface area contributed by atoms with Gasteiger partial charge in [0.2, 0.25) is 6.04 Å². The van der Waals surface area contributed by atoms with Crippen LogP contribution in [-0.2, 0) is 0 Å². The summed E-state index contributed by atoms with van der Waals surface area (Å²) in [5, 5.41) is 13.8. The number of nitro groups is 1. The molecule has 1 aliphatic carbocycles. The minimum absolute atomic E-state index is 0.244. The SMILES string of the molecule is O=C(NC1CCCCC1[N+](=O)[O-])c1ccc(Br)cc1. The number of rotatable bonds is 3. The van der Waals surface area contributed by atoms with E-state index in [1.807, 2.05) is 0 Å². The summed E-state index contributed by atoms with van der Waals surface area (Å²) in [5.41, 5.74) is 0.524. The minimum Gasteiger partial charge on any atom is -0.342 e. The van der Waals surface area contributed by atoms with Crippen molar-refractivity contribution in [2.24, 2.45) is 0 Å². The lowest BCUT2D eigenvalue weighted by atomic mass is 9.90. The van der Waals surface area contributed by atoms with E-state index >= 15 is 0 Å². The van der Waals surface area contributed by atoms with Crippen molar-refractivity contribution >= 4 is 21.8 Å². The van der Waals surface area contributed by atoms with Crippen LogP contribution in [-0.4, -0.2) is 22.9 Å². The van der Waals surface area contributed by atoms with Gasteiger partial charge in [-0.05, 0) is 37.1 Å². The van der Waals surface area contributed by atoms with Crippen molar-refractivity contribution in [3.05, 3.63) is 44.4 Å². The van der Waals surface area contributed by atoms with E-state index in [1.54, 1.807) is 24.3 Å². The molecule has 1 aliphatic rings. The minimum atomic E-state index is -0.659. The molecule has 0 radical (unpaired) electrons. The lowest BCUT2D eigenvalue weighted by Gasteiger charge is -2.26. The lowest BCUT2D eigenvalue weighted by Crippen LogP contribution is -2.48. The number of hydrogen-bond donors (Lipinski definition) is 1. The van der Waals surface area contributed by atoms with Gasteiger partial charge in [0.1, 0.15) is 0 Å². The summed E-state index contributed by atoms with van der Waals surface area (Å²) in [6.45, 7) is 0. The van der Waals surface area contributed by atoms with Crippen LogP contribution in [0.4, 0.5) is 0 Å². The molecule has 6 heteroatoms. The van der Waals surface area contributed by atoms with Crippen LogP contribution >= 0.6 is 15.9 Å². The van der Waals surface area contributed by atoms with E-state index in [-0.39, 0.29) is 16.9 Å². The number of nitrogens with one attached hydrogen (secondary N) is 1. The fourth-order valence-corrected chi connectivity index (χ4v) is 2.65. The molecule has 102 valence electrons. The van der Waals surface area contributed by atoms with E-state index in [2.05, 4.69) is 21.2 Å². The Labute approximate surface area is 119 Å². The van der Waals surface area contributed by atoms with Crippen molar-refractivity contribution in [2.75, 3.05) is 0 Å². The molecular weight excluding hydrogens is 312 g/mol. The molecule has 1 N–H and O–H groups in total. The van der Waals surface area contributed by atoms with E-state index in [9.17, 15) is 14.9 Å². The highest BCUT2D eigenvalue weighted by Gasteiger charge is 2.35. The number of hydrogen-bond acceptors (Lipinski definition) is 3. The first-order valence-electron chi connectivity index (χ1n) is 6.28. The lowest BCUT2D eigenvalue weighted by molar-refractivity contribution is -0.529. The molecule has 5 nitrogen and oxygen atoms in total. The zero-order valence-corrected chi connectivity index (χ0v) is 11.9. The maximum Gasteiger partial charge on any atom is 0.251 e. The van der Waals surface area contributed by atoms with Gasteiger partial charge >= 0.3 is 0 Å². The fourth-order valence-electron chi connectivity index (χ4n) is 2.38. The predicted molar refractivity (Wildman–Crippen MR) is 74.6 cm³/mol. The van der Waals surface area contributed by atoms with Crippen molar-refractivity contribution < 1.29 is 9.72 Å². The summed E-state index contributed by atoms with van der Waals surface area (Å²) in [7, 11) is 0. The van der Waals surface area contributed by atoms with Crippen molar-refractivity contribution in [3.8, 4) is 0 Å². The standard InChI is InChI=1S/C13H15BrN2O3/c14-10-7-5-9(6-8-10)13(17)15-11-3-1-2-4-12(11)16(18)19/h5-8,11-12H,1-4H2,(H,15,17). The molecule has 0 heterocycles. The number of carbonyl (C=O) groups excluding carboxylic acids is 1. The van der Waals surface area contributed by atoms with Gasteiger partial charge in [0.25, 0.3) is 5.91 Å². The molecule has 1 fully saturated rings. The first-order chi connectivity index (χ1) is 9.08. The predicted octanol–water partition coefficient (Wildman–Crippen LogP) is 2.77. The summed E-state index contributed by atoms with van der Waals surface area (Å²) in [6.07, 6.45) is 3.00. The normalized spacial score (nSPS) is 22.8. The van der Waals surface area contributed by atoms with Crippen LogP contribution < -0.4 is 5.32 Å². The molecule has 2 rings (SSSR count). The van der Waals surface area contributed by atoms with Gasteiger partial charge in [-0.2, -0.15) is 0 Å². The first-order valence-corrected chi connectivity index (χ1v) is 7.07. The van der Waals surface area contributed by atoms with Crippen molar-refractivity contribution in [1.29, 1.82) is 0 Å². The van der Waals surface area contributed by atoms with Crippen LogP contribution in [0.25, 0.3) is 0 Å². The highest BCUT2D eigenvalue weighted by molar-refractivity contribution is 9.10. The molecular formula is C13H15BrN2O3. The molecule has 0 aromatic heterocycles. The molecule has 1 aromatic carbocycles.